The number of non-ortho nitro benzene ring substituents is 1. The van der Waals surface area contributed by atoms with E-state index in [1.54, 1.807) is 36.4 Å². The Morgan fingerprint density at radius 1 is 0.800 bits per heavy atom. The van der Waals surface area contributed by atoms with Crippen molar-refractivity contribution in [3.05, 3.63) is 64.5 Å². The fourth-order valence-corrected chi connectivity index (χ4v) is 2.91. The number of hydrogen-bond acceptors (Lipinski definition) is 2. The molecule has 0 aliphatic rings. The van der Waals surface area contributed by atoms with Crippen LogP contribution in [0.4, 0.5) is 10.1 Å². The highest BCUT2D eigenvalue weighted by molar-refractivity contribution is 6.24. The van der Waals surface area contributed by atoms with E-state index in [4.69, 9.17) is 0 Å². The van der Waals surface area contributed by atoms with Gasteiger partial charge in [-0.05, 0) is 29.0 Å². The Hall–Kier alpha value is -2.75. The topological polar surface area (TPSA) is 43.1 Å². The summed E-state index contributed by atoms with van der Waals surface area (Å²) < 4.78 is 14.0. The third-order valence-corrected chi connectivity index (χ3v) is 3.79. The van der Waals surface area contributed by atoms with Crippen LogP contribution in [0.5, 0.6) is 0 Å². The van der Waals surface area contributed by atoms with E-state index in [2.05, 4.69) is 0 Å². The summed E-state index contributed by atoms with van der Waals surface area (Å²) in [4.78, 5) is 10.7. The van der Waals surface area contributed by atoms with E-state index in [1.165, 1.54) is 12.1 Å². The minimum absolute atomic E-state index is 0.0520. The van der Waals surface area contributed by atoms with Crippen molar-refractivity contribution in [3.8, 4) is 0 Å². The zero-order chi connectivity index (χ0) is 13.9. The molecule has 20 heavy (non-hydrogen) atoms. The summed E-state index contributed by atoms with van der Waals surface area (Å²) in [6.45, 7) is 0. The molecular formula is C16H8FNO2. The first-order valence-electron chi connectivity index (χ1n) is 6.17. The van der Waals surface area contributed by atoms with Gasteiger partial charge < -0.3 is 0 Å². The average molecular weight is 265 g/mol. The third kappa shape index (κ3) is 1.28. The molecule has 0 aliphatic carbocycles. The Morgan fingerprint density at radius 3 is 2.05 bits per heavy atom. The smallest absolute Gasteiger partial charge is 0.258 e. The van der Waals surface area contributed by atoms with Gasteiger partial charge in [-0.3, -0.25) is 10.1 Å². The highest BCUT2D eigenvalue weighted by Gasteiger charge is 2.17. The fraction of sp³-hybridized carbons (Fsp3) is 0. The number of rotatable bonds is 1. The lowest BCUT2D eigenvalue weighted by molar-refractivity contribution is -0.383. The molecule has 0 aromatic heterocycles. The van der Waals surface area contributed by atoms with E-state index in [1.807, 2.05) is 0 Å². The van der Waals surface area contributed by atoms with Gasteiger partial charge in [0.2, 0.25) is 0 Å². The molecule has 4 aromatic rings. The first-order chi connectivity index (χ1) is 9.66. The first kappa shape index (κ1) is 11.1. The molecule has 0 aliphatic heterocycles. The minimum Gasteiger partial charge on any atom is -0.258 e. The molecule has 4 rings (SSSR count). The van der Waals surface area contributed by atoms with Crippen molar-refractivity contribution in [1.29, 1.82) is 0 Å². The van der Waals surface area contributed by atoms with E-state index in [9.17, 15) is 14.5 Å². The SMILES string of the molecule is O=[N+]([O-])c1ccc2ccc3c(F)ccc4ccc1c2c43. The van der Waals surface area contributed by atoms with Gasteiger partial charge in [-0.1, -0.05) is 24.3 Å². The van der Waals surface area contributed by atoms with Crippen molar-refractivity contribution >= 4 is 38.0 Å². The van der Waals surface area contributed by atoms with Gasteiger partial charge in [-0.15, -0.1) is 0 Å². The van der Waals surface area contributed by atoms with Crippen LogP contribution in [-0.2, 0) is 0 Å². The second-order valence-corrected chi connectivity index (χ2v) is 4.81. The second-order valence-electron chi connectivity index (χ2n) is 4.81. The van der Waals surface area contributed by atoms with Crippen molar-refractivity contribution in [3.63, 3.8) is 0 Å². The molecule has 3 nitrogen and oxygen atoms in total. The van der Waals surface area contributed by atoms with Crippen LogP contribution in [0.1, 0.15) is 0 Å². The Bertz CT molecular complexity index is 994. The van der Waals surface area contributed by atoms with E-state index in [0.29, 0.717) is 10.8 Å². The molecule has 0 fully saturated rings. The maximum atomic E-state index is 14.0. The quantitative estimate of drug-likeness (QED) is 0.286. The van der Waals surface area contributed by atoms with Gasteiger partial charge in [0.05, 0.1) is 10.3 Å². The lowest BCUT2D eigenvalue weighted by Crippen LogP contribution is -1.92. The Balaban J connectivity index is 2.38. The maximum absolute atomic E-state index is 14.0. The molecule has 4 aromatic carbocycles. The van der Waals surface area contributed by atoms with Gasteiger partial charge in [-0.2, -0.15) is 0 Å². The van der Waals surface area contributed by atoms with Gasteiger partial charge in [0.1, 0.15) is 5.82 Å². The van der Waals surface area contributed by atoms with Crippen molar-refractivity contribution in [2.75, 3.05) is 0 Å². The summed E-state index contributed by atoms with van der Waals surface area (Å²) in [5.41, 5.74) is 0.0520. The Morgan fingerprint density at radius 2 is 1.35 bits per heavy atom. The first-order valence-corrected chi connectivity index (χ1v) is 6.17. The van der Waals surface area contributed by atoms with E-state index >= 15 is 0 Å². The fourth-order valence-electron chi connectivity index (χ4n) is 2.91. The largest absolute Gasteiger partial charge is 0.277 e. The van der Waals surface area contributed by atoms with Gasteiger partial charge >= 0.3 is 0 Å². The van der Waals surface area contributed by atoms with Crippen LogP contribution in [0.15, 0.2) is 48.5 Å². The van der Waals surface area contributed by atoms with Crippen molar-refractivity contribution < 1.29 is 9.31 Å². The summed E-state index contributed by atoms with van der Waals surface area (Å²) in [5, 5.41) is 15.5. The molecule has 96 valence electrons. The molecule has 0 heterocycles. The average Bonchev–Trinajstić information content (AvgIpc) is 2.46. The number of hydrogen-bond donors (Lipinski definition) is 0. The van der Waals surface area contributed by atoms with Crippen molar-refractivity contribution in [1.82, 2.24) is 0 Å². The van der Waals surface area contributed by atoms with Crippen LogP contribution >= 0.6 is 0 Å². The Kier molecular flexibility index (Phi) is 2.02. The van der Waals surface area contributed by atoms with E-state index in [-0.39, 0.29) is 11.5 Å². The van der Waals surface area contributed by atoms with Crippen LogP contribution in [0.3, 0.4) is 0 Å². The van der Waals surface area contributed by atoms with Gasteiger partial charge in [-0.25, -0.2) is 4.39 Å². The number of nitrogens with zero attached hydrogens (tertiary/aromatic N) is 1. The highest BCUT2D eigenvalue weighted by Crippen LogP contribution is 2.38. The lowest BCUT2D eigenvalue weighted by atomic mass is 9.93. The molecular weight excluding hydrogens is 257 g/mol. The van der Waals surface area contributed by atoms with Crippen LogP contribution in [0.25, 0.3) is 32.3 Å². The second kappa shape index (κ2) is 3.63. The van der Waals surface area contributed by atoms with Gasteiger partial charge in [0.25, 0.3) is 5.69 Å². The van der Waals surface area contributed by atoms with Crippen LogP contribution < -0.4 is 0 Å². The molecule has 0 N–H and O–H groups in total. The molecule has 4 heteroatoms. The normalized spacial score (nSPS) is 11.7. The van der Waals surface area contributed by atoms with Gasteiger partial charge in [0, 0.05) is 22.2 Å². The number of nitro benzene ring substituents is 1. The van der Waals surface area contributed by atoms with Crippen LogP contribution in [0.2, 0.25) is 0 Å². The van der Waals surface area contributed by atoms with Crippen LogP contribution in [0, 0.1) is 15.9 Å². The monoisotopic (exact) mass is 265 g/mol. The number of benzene rings is 4. The predicted octanol–water partition coefficient (Wildman–Crippen LogP) is 4.63. The highest BCUT2D eigenvalue weighted by atomic mass is 19.1. The summed E-state index contributed by atoms with van der Waals surface area (Å²) in [5.74, 6) is -0.307. The molecule has 0 unspecified atom stereocenters. The van der Waals surface area contributed by atoms with E-state index < -0.39 is 4.92 Å². The maximum Gasteiger partial charge on any atom is 0.277 e. The molecule has 0 bridgehead atoms. The van der Waals surface area contributed by atoms with Crippen LogP contribution in [-0.4, -0.2) is 4.92 Å². The Labute approximate surface area is 112 Å². The standard InChI is InChI=1S/C16H8FNO2/c17-13-7-3-9-2-6-12-14(18(19)20)8-4-10-1-5-11(13)15(9)16(10)12/h1-8H. The van der Waals surface area contributed by atoms with Crippen molar-refractivity contribution in [2.45, 2.75) is 0 Å². The molecule has 0 atom stereocenters. The molecule has 0 saturated carbocycles. The number of halogens is 1. The summed E-state index contributed by atoms with van der Waals surface area (Å²) in [6, 6.07) is 13.4. The molecule has 0 spiro atoms. The van der Waals surface area contributed by atoms with Gasteiger partial charge in [0.15, 0.2) is 0 Å². The molecule has 0 saturated heterocycles. The van der Waals surface area contributed by atoms with E-state index in [0.717, 1.165) is 21.5 Å². The predicted molar refractivity (Wildman–Crippen MR) is 76.8 cm³/mol. The molecule has 0 radical (unpaired) electrons. The summed E-state index contributed by atoms with van der Waals surface area (Å²) >= 11 is 0. The third-order valence-electron chi connectivity index (χ3n) is 3.79. The zero-order valence-electron chi connectivity index (χ0n) is 10.3. The molecule has 0 amide bonds. The zero-order valence-corrected chi connectivity index (χ0v) is 10.3. The lowest BCUT2D eigenvalue weighted by Gasteiger charge is -2.11. The number of nitro groups is 1. The van der Waals surface area contributed by atoms with Crippen molar-refractivity contribution in [2.24, 2.45) is 0 Å². The minimum atomic E-state index is -0.401. The summed E-state index contributed by atoms with van der Waals surface area (Å²) in [7, 11) is 0. The summed E-state index contributed by atoms with van der Waals surface area (Å²) in [6.07, 6.45) is 0.